The number of ether oxygens (including phenoxy) is 1. The van der Waals surface area contributed by atoms with E-state index in [9.17, 15) is 4.79 Å². The molecule has 2 atom stereocenters. The van der Waals surface area contributed by atoms with Gasteiger partial charge in [0, 0.05) is 60.1 Å². The number of piperidine rings is 1. The summed E-state index contributed by atoms with van der Waals surface area (Å²) >= 11 is 1.72. The molecular formula is C24H26N2O2S. The van der Waals surface area contributed by atoms with Crippen molar-refractivity contribution in [2.45, 2.75) is 37.8 Å². The van der Waals surface area contributed by atoms with Gasteiger partial charge in [-0.3, -0.25) is 9.69 Å². The van der Waals surface area contributed by atoms with Crippen molar-refractivity contribution in [3.63, 3.8) is 0 Å². The SMILES string of the molecule is O=c1c(-c2cc3ccccc3s2)ccc2n1C[C@H]1C[C@@H]2CN(C2CCOCC2)C1. The van der Waals surface area contributed by atoms with Crippen molar-refractivity contribution in [3.05, 3.63) is 58.5 Å². The molecule has 3 aromatic rings. The van der Waals surface area contributed by atoms with Crippen molar-refractivity contribution in [1.82, 2.24) is 9.47 Å². The van der Waals surface area contributed by atoms with Gasteiger partial charge in [-0.2, -0.15) is 0 Å². The molecule has 29 heavy (non-hydrogen) atoms. The van der Waals surface area contributed by atoms with Crippen LogP contribution in [0.15, 0.2) is 47.3 Å². The average Bonchev–Trinajstić information content (AvgIpc) is 3.19. The van der Waals surface area contributed by atoms with E-state index in [4.69, 9.17) is 4.74 Å². The largest absolute Gasteiger partial charge is 0.381 e. The second-order valence-corrected chi connectivity index (χ2v) is 9.92. The molecule has 0 unspecified atom stereocenters. The summed E-state index contributed by atoms with van der Waals surface area (Å²) < 4.78 is 8.90. The monoisotopic (exact) mass is 406 g/mol. The Morgan fingerprint density at radius 1 is 1.00 bits per heavy atom. The minimum absolute atomic E-state index is 0.197. The van der Waals surface area contributed by atoms with Crippen molar-refractivity contribution in [1.29, 1.82) is 0 Å². The van der Waals surface area contributed by atoms with Crippen LogP contribution in [0.2, 0.25) is 0 Å². The van der Waals surface area contributed by atoms with E-state index in [0.717, 1.165) is 56.1 Å². The molecule has 0 spiro atoms. The fourth-order valence-electron chi connectivity index (χ4n) is 5.63. The van der Waals surface area contributed by atoms with Crippen molar-refractivity contribution < 1.29 is 4.74 Å². The first kappa shape index (κ1) is 17.9. The highest BCUT2D eigenvalue weighted by atomic mass is 32.1. The lowest BCUT2D eigenvalue weighted by Crippen LogP contribution is -2.51. The summed E-state index contributed by atoms with van der Waals surface area (Å²) in [5.74, 6) is 1.06. The third-order valence-corrected chi connectivity index (χ3v) is 8.18. The number of nitrogens with zero attached hydrogens (tertiary/aromatic N) is 2. The molecule has 4 nitrogen and oxygen atoms in total. The molecule has 5 heterocycles. The van der Waals surface area contributed by atoms with Gasteiger partial charge in [0.05, 0.1) is 5.56 Å². The first-order valence-electron chi connectivity index (χ1n) is 10.8. The number of benzene rings is 1. The molecule has 1 aromatic carbocycles. The Morgan fingerprint density at radius 2 is 1.86 bits per heavy atom. The molecule has 5 heteroatoms. The van der Waals surface area contributed by atoms with Crippen LogP contribution < -0.4 is 5.56 Å². The first-order chi connectivity index (χ1) is 14.3. The molecule has 0 amide bonds. The summed E-state index contributed by atoms with van der Waals surface area (Å²) in [6.45, 7) is 4.86. The molecule has 2 saturated heterocycles. The summed E-state index contributed by atoms with van der Waals surface area (Å²) in [6, 6.07) is 15.5. The number of rotatable bonds is 2. The first-order valence-corrected chi connectivity index (χ1v) is 11.6. The highest BCUT2D eigenvalue weighted by molar-refractivity contribution is 7.22. The number of hydrogen-bond donors (Lipinski definition) is 0. The van der Waals surface area contributed by atoms with E-state index in [1.54, 1.807) is 11.3 Å². The Kier molecular flexibility index (Phi) is 4.36. The van der Waals surface area contributed by atoms with E-state index in [-0.39, 0.29) is 5.56 Å². The van der Waals surface area contributed by atoms with Crippen LogP contribution in [0.5, 0.6) is 0 Å². The number of fused-ring (bicyclic) bond motifs is 5. The van der Waals surface area contributed by atoms with E-state index < -0.39 is 0 Å². The van der Waals surface area contributed by atoms with Gasteiger partial charge in [0.1, 0.15) is 0 Å². The van der Waals surface area contributed by atoms with Crippen molar-refractivity contribution in [3.8, 4) is 10.4 Å². The fourth-order valence-corrected chi connectivity index (χ4v) is 6.71. The second kappa shape index (κ2) is 7.08. The van der Waals surface area contributed by atoms with E-state index in [1.165, 1.54) is 22.2 Å². The van der Waals surface area contributed by atoms with Gasteiger partial charge in [-0.25, -0.2) is 0 Å². The third-order valence-electron chi connectivity index (χ3n) is 7.03. The average molecular weight is 407 g/mol. The molecule has 0 aliphatic carbocycles. The van der Waals surface area contributed by atoms with Gasteiger partial charge in [-0.05, 0) is 54.8 Å². The molecule has 0 N–H and O–H groups in total. The van der Waals surface area contributed by atoms with Crippen molar-refractivity contribution in [2.75, 3.05) is 26.3 Å². The number of hydrogen-bond acceptors (Lipinski definition) is 4. The number of likely N-dealkylation sites (tertiary alicyclic amines) is 1. The van der Waals surface area contributed by atoms with Crippen molar-refractivity contribution >= 4 is 21.4 Å². The summed E-state index contributed by atoms with van der Waals surface area (Å²) in [4.78, 5) is 17.2. The zero-order valence-electron chi connectivity index (χ0n) is 16.5. The molecule has 6 rings (SSSR count). The normalized spacial score (nSPS) is 25.2. The molecule has 150 valence electrons. The van der Waals surface area contributed by atoms with Gasteiger partial charge in [0.2, 0.25) is 0 Å². The summed E-state index contributed by atoms with van der Waals surface area (Å²) in [6.07, 6.45) is 3.52. The maximum absolute atomic E-state index is 13.4. The zero-order chi connectivity index (χ0) is 19.4. The van der Waals surface area contributed by atoms with Crippen LogP contribution in [0.3, 0.4) is 0 Å². The van der Waals surface area contributed by atoms with Crippen LogP contribution in [-0.2, 0) is 11.3 Å². The predicted octanol–water partition coefficient (Wildman–Crippen LogP) is 4.33. The molecule has 2 aromatic heterocycles. The predicted molar refractivity (Wildman–Crippen MR) is 118 cm³/mol. The smallest absolute Gasteiger partial charge is 0.259 e. The Bertz CT molecular complexity index is 1080. The van der Waals surface area contributed by atoms with Gasteiger partial charge in [-0.1, -0.05) is 18.2 Å². The van der Waals surface area contributed by atoms with E-state index >= 15 is 0 Å². The summed E-state index contributed by atoms with van der Waals surface area (Å²) in [5, 5.41) is 1.22. The number of thiophene rings is 1. The number of pyridine rings is 1. The molecule has 3 aliphatic heterocycles. The lowest BCUT2D eigenvalue weighted by Gasteiger charge is -2.46. The second-order valence-electron chi connectivity index (χ2n) is 8.83. The molecule has 0 radical (unpaired) electrons. The van der Waals surface area contributed by atoms with Crippen LogP contribution >= 0.6 is 11.3 Å². The number of aromatic nitrogens is 1. The lowest BCUT2D eigenvalue weighted by atomic mass is 9.82. The van der Waals surface area contributed by atoms with Gasteiger partial charge >= 0.3 is 0 Å². The van der Waals surface area contributed by atoms with Crippen LogP contribution in [0, 0.1) is 5.92 Å². The van der Waals surface area contributed by atoms with Gasteiger partial charge < -0.3 is 9.30 Å². The van der Waals surface area contributed by atoms with Gasteiger partial charge in [0.15, 0.2) is 0 Å². The topological polar surface area (TPSA) is 34.5 Å². The van der Waals surface area contributed by atoms with Crippen LogP contribution in [0.1, 0.15) is 30.9 Å². The van der Waals surface area contributed by atoms with E-state index in [1.807, 2.05) is 0 Å². The fraction of sp³-hybridized carbons (Fsp3) is 0.458. The van der Waals surface area contributed by atoms with Crippen LogP contribution in [0.4, 0.5) is 0 Å². The molecule has 3 aliphatic rings. The quantitative estimate of drug-likeness (QED) is 0.635. The van der Waals surface area contributed by atoms with Crippen LogP contribution in [-0.4, -0.2) is 41.8 Å². The minimum Gasteiger partial charge on any atom is -0.381 e. The highest BCUT2D eigenvalue weighted by Crippen LogP contribution is 2.38. The highest BCUT2D eigenvalue weighted by Gasteiger charge is 2.37. The maximum Gasteiger partial charge on any atom is 0.259 e. The molecular weight excluding hydrogens is 380 g/mol. The molecule has 2 fully saturated rings. The van der Waals surface area contributed by atoms with Crippen molar-refractivity contribution in [2.24, 2.45) is 5.92 Å². The minimum atomic E-state index is 0.197. The standard InChI is InChI=1S/C24H26N2O2S/c27-24-20(23-12-17-3-1-2-4-22(17)29-23)5-6-21-18-11-16(14-26(21)24)13-25(15-18)19-7-9-28-10-8-19/h1-6,12,16,18-19H,7-11,13-15H2/t16-,18+/m0/s1. The summed E-state index contributed by atoms with van der Waals surface area (Å²) in [7, 11) is 0. The van der Waals surface area contributed by atoms with Crippen LogP contribution in [0.25, 0.3) is 20.5 Å². The molecule has 2 bridgehead atoms. The third kappa shape index (κ3) is 3.07. The molecule has 0 saturated carbocycles. The van der Waals surface area contributed by atoms with Gasteiger partial charge in [0.25, 0.3) is 5.56 Å². The zero-order valence-corrected chi connectivity index (χ0v) is 17.4. The van der Waals surface area contributed by atoms with E-state index in [2.05, 4.69) is 51.9 Å². The lowest BCUT2D eigenvalue weighted by molar-refractivity contribution is 0.00589. The summed E-state index contributed by atoms with van der Waals surface area (Å²) in [5.41, 5.74) is 2.30. The van der Waals surface area contributed by atoms with E-state index in [0.29, 0.717) is 17.9 Å². The Hall–Kier alpha value is -1.95. The van der Waals surface area contributed by atoms with Gasteiger partial charge in [-0.15, -0.1) is 11.3 Å². The Balaban J connectivity index is 1.34. The Labute approximate surface area is 174 Å². The maximum atomic E-state index is 13.4. The Morgan fingerprint density at radius 3 is 2.72 bits per heavy atom.